The third kappa shape index (κ3) is 3.20. The first-order valence-corrected chi connectivity index (χ1v) is 6.47. The van der Waals surface area contributed by atoms with Crippen LogP contribution in [0, 0.1) is 0 Å². The second-order valence-electron chi connectivity index (χ2n) is 5.43. The van der Waals surface area contributed by atoms with Crippen LogP contribution in [0.15, 0.2) is 6.20 Å². The number of nitrogens with zero attached hydrogens (tertiary/aromatic N) is 4. The van der Waals surface area contributed by atoms with E-state index in [4.69, 9.17) is 4.74 Å². The van der Waals surface area contributed by atoms with Gasteiger partial charge in [0.1, 0.15) is 12.4 Å². The molecule has 0 radical (unpaired) electrons. The van der Waals surface area contributed by atoms with E-state index < -0.39 is 0 Å². The summed E-state index contributed by atoms with van der Waals surface area (Å²) in [7, 11) is 1.87. The quantitative estimate of drug-likeness (QED) is 0.915. The molecule has 2 heterocycles. The zero-order valence-corrected chi connectivity index (χ0v) is 12.2. The minimum absolute atomic E-state index is 0.205. The summed E-state index contributed by atoms with van der Waals surface area (Å²) >= 11 is 0. The van der Waals surface area contributed by atoms with Gasteiger partial charge in [-0.2, -0.15) is 5.10 Å². The molecule has 0 atom stereocenters. The fraction of sp³-hybridized carbons (Fsp3) is 0.615. The Bertz CT molecular complexity index is 570. The van der Waals surface area contributed by atoms with Crippen molar-refractivity contribution in [3.8, 4) is 0 Å². The topological polar surface area (TPSA) is 64.9 Å². The Morgan fingerprint density at radius 3 is 2.68 bits per heavy atom. The van der Waals surface area contributed by atoms with E-state index in [1.165, 1.54) is 0 Å². The predicted molar refractivity (Wildman–Crippen MR) is 75.0 cm³/mol. The highest BCUT2D eigenvalue weighted by molar-refractivity contribution is 5.86. The van der Waals surface area contributed by atoms with Gasteiger partial charge in [-0.1, -0.05) is 0 Å². The van der Waals surface area contributed by atoms with E-state index in [-0.39, 0.29) is 5.60 Å². The van der Waals surface area contributed by atoms with Gasteiger partial charge in [0.05, 0.1) is 17.2 Å². The molecule has 0 saturated heterocycles. The molecule has 1 N–H and O–H groups in total. The van der Waals surface area contributed by atoms with Crippen molar-refractivity contribution in [2.45, 2.75) is 39.9 Å². The third-order valence-corrected chi connectivity index (χ3v) is 2.62. The highest BCUT2D eigenvalue weighted by atomic mass is 16.5. The van der Waals surface area contributed by atoms with Crippen LogP contribution in [0.3, 0.4) is 0 Å². The van der Waals surface area contributed by atoms with Crippen LogP contribution < -0.4 is 5.32 Å². The fourth-order valence-electron chi connectivity index (χ4n) is 1.72. The van der Waals surface area contributed by atoms with Crippen molar-refractivity contribution >= 4 is 16.9 Å². The number of hydrogen-bond donors (Lipinski definition) is 1. The molecule has 0 fully saturated rings. The first-order valence-electron chi connectivity index (χ1n) is 6.47. The molecule has 0 spiro atoms. The summed E-state index contributed by atoms with van der Waals surface area (Å²) < 4.78 is 7.48. The van der Waals surface area contributed by atoms with Crippen LogP contribution in [-0.4, -0.2) is 31.9 Å². The molecule has 19 heavy (non-hydrogen) atoms. The maximum Gasteiger partial charge on any atom is 0.163 e. The van der Waals surface area contributed by atoms with E-state index in [1.807, 2.05) is 34.7 Å². The Labute approximate surface area is 113 Å². The van der Waals surface area contributed by atoms with Crippen molar-refractivity contribution < 1.29 is 4.74 Å². The molecule has 0 aliphatic heterocycles. The van der Waals surface area contributed by atoms with Crippen molar-refractivity contribution in [1.82, 2.24) is 19.7 Å². The van der Waals surface area contributed by atoms with E-state index in [1.54, 1.807) is 10.9 Å². The Morgan fingerprint density at radius 1 is 1.32 bits per heavy atom. The molecular weight excluding hydrogens is 242 g/mol. The Balaban J connectivity index is 2.36. The van der Waals surface area contributed by atoms with Gasteiger partial charge in [0.25, 0.3) is 0 Å². The largest absolute Gasteiger partial charge is 0.370 e. The number of fused-ring (bicyclic) bond motifs is 1. The molecule has 0 amide bonds. The lowest BCUT2D eigenvalue weighted by atomic mass is 10.2. The standard InChI is InChI=1S/C13H21N5O/c1-6-14-11-9-7-15-18(5)12(9)17-10(16-11)8-19-13(2,3)4/h7H,6,8H2,1-5H3,(H,14,16,17). The lowest BCUT2D eigenvalue weighted by Gasteiger charge is -2.19. The van der Waals surface area contributed by atoms with Crippen LogP contribution in [0.4, 0.5) is 5.82 Å². The molecule has 2 aromatic heterocycles. The van der Waals surface area contributed by atoms with Gasteiger partial charge in [-0.25, -0.2) is 9.97 Å². The summed E-state index contributed by atoms with van der Waals surface area (Å²) in [4.78, 5) is 9.01. The molecular formula is C13H21N5O. The van der Waals surface area contributed by atoms with Crippen LogP contribution >= 0.6 is 0 Å². The van der Waals surface area contributed by atoms with Gasteiger partial charge in [0.15, 0.2) is 11.5 Å². The van der Waals surface area contributed by atoms with E-state index in [0.717, 1.165) is 23.4 Å². The average molecular weight is 263 g/mol. The maximum absolute atomic E-state index is 5.73. The number of nitrogens with one attached hydrogen (secondary N) is 1. The molecule has 6 nitrogen and oxygen atoms in total. The van der Waals surface area contributed by atoms with E-state index in [0.29, 0.717) is 12.4 Å². The summed E-state index contributed by atoms with van der Waals surface area (Å²) in [6, 6.07) is 0. The third-order valence-electron chi connectivity index (χ3n) is 2.62. The predicted octanol–water partition coefficient (Wildman–Crippen LogP) is 2.11. The lowest BCUT2D eigenvalue weighted by Crippen LogP contribution is -2.20. The van der Waals surface area contributed by atoms with Gasteiger partial charge >= 0.3 is 0 Å². The van der Waals surface area contributed by atoms with E-state index in [9.17, 15) is 0 Å². The van der Waals surface area contributed by atoms with Gasteiger partial charge < -0.3 is 10.1 Å². The summed E-state index contributed by atoms with van der Waals surface area (Å²) in [6.45, 7) is 9.28. The minimum atomic E-state index is -0.205. The monoisotopic (exact) mass is 263 g/mol. The highest BCUT2D eigenvalue weighted by Gasteiger charge is 2.14. The van der Waals surface area contributed by atoms with Gasteiger partial charge in [-0.15, -0.1) is 0 Å². The number of aromatic nitrogens is 4. The van der Waals surface area contributed by atoms with Gasteiger partial charge in [0, 0.05) is 13.6 Å². The molecule has 0 aliphatic carbocycles. The molecule has 0 bridgehead atoms. The SMILES string of the molecule is CCNc1nc(COC(C)(C)C)nc2c1cnn2C. The number of rotatable bonds is 4. The molecule has 104 valence electrons. The minimum Gasteiger partial charge on any atom is -0.370 e. The van der Waals surface area contributed by atoms with E-state index >= 15 is 0 Å². The van der Waals surface area contributed by atoms with Crippen LogP contribution in [0.1, 0.15) is 33.5 Å². The van der Waals surface area contributed by atoms with Crippen molar-refractivity contribution in [3.05, 3.63) is 12.0 Å². The van der Waals surface area contributed by atoms with Gasteiger partial charge in [-0.05, 0) is 27.7 Å². The second kappa shape index (κ2) is 5.13. The Kier molecular flexibility index (Phi) is 3.71. The summed E-state index contributed by atoms with van der Waals surface area (Å²) in [5, 5.41) is 8.40. The number of aryl methyl sites for hydroxylation is 1. The zero-order valence-electron chi connectivity index (χ0n) is 12.2. The first-order chi connectivity index (χ1) is 8.90. The number of ether oxygens (including phenoxy) is 1. The van der Waals surface area contributed by atoms with Gasteiger partial charge in [0.2, 0.25) is 0 Å². The number of hydrogen-bond acceptors (Lipinski definition) is 5. The normalized spacial score (nSPS) is 12.1. The van der Waals surface area contributed by atoms with Gasteiger partial charge in [-0.3, -0.25) is 4.68 Å². The molecule has 6 heteroatoms. The Morgan fingerprint density at radius 2 is 2.05 bits per heavy atom. The van der Waals surface area contributed by atoms with Crippen molar-refractivity contribution in [3.63, 3.8) is 0 Å². The van der Waals surface area contributed by atoms with Crippen LogP contribution in [0.5, 0.6) is 0 Å². The lowest BCUT2D eigenvalue weighted by molar-refractivity contribution is -0.0179. The van der Waals surface area contributed by atoms with Crippen molar-refractivity contribution in [2.75, 3.05) is 11.9 Å². The van der Waals surface area contributed by atoms with E-state index in [2.05, 4.69) is 20.4 Å². The number of anilines is 1. The Hall–Kier alpha value is -1.69. The molecule has 0 saturated carbocycles. The summed E-state index contributed by atoms with van der Waals surface area (Å²) in [6.07, 6.45) is 1.78. The second-order valence-corrected chi connectivity index (χ2v) is 5.43. The first kappa shape index (κ1) is 13.7. The average Bonchev–Trinajstić information content (AvgIpc) is 2.69. The molecule has 2 aromatic rings. The fourth-order valence-corrected chi connectivity index (χ4v) is 1.72. The van der Waals surface area contributed by atoms with Crippen molar-refractivity contribution in [2.24, 2.45) is 7.05 Å². The molecule has 0 aliphatic rings. The van der Waals surface area contributed by atoms with Crippen LogP contribution in [0.2, 0.25) is 0 Å². The van der Waals surface area contributed by atoms with Crippen LogP contribution in [0.25, 0.3) is 11.0 Å². The summed E-state index contributed by atoms with van der Waals surface area (Å²) in [5.41, 5.74) is 0.613. The summed E-state index contributed by atoms with van der Waals surface area (Å²) in [5.74, 6) is 1.48. The van der Waals surface area contributed by atoms with Crippen LogP contribution in [-0.2, 0) is 18.4 Å². The van der Waals surface area contributed by atoms with Crippen molar-refractivity contribution in [1.29, 1.82) is 0 Å². The zero-order chi connectivity index (χ0) is 14.0. The smallest absolute Gasteiger partial charge is 0.163 e. The highest BCUT2D eigenvalue weighted by Crippen LogP contribution is 2.20. The molecule has 0 unspecified atom stereocenters. The molecule has 2 rings (SSSR count). The molecule has 0 aromatic carbocycles. The maximum atomic E-state index is 5.73.